The van der Waals surface area contributed by atoms with Crippen LogP contribution >= 0.6 is 0 Å². The molecule has 1 amide bonds. The molecular weight excluding hydrogens is 186 g/mol. The Balaban J connectivity index is 2.05. The Bertz CT molecular complexity index is 355. The van der Waals surface area contributed by atoms with E-state index in [1.165, 1.54) is 12.0 Å². The summed E-state index contributed by atoms with van der Waals surface area (Å²) in [5, 5.41) is 3.02. The first-order valence-corrected chi connectivity index (χ1v) is 5.70. The van der Waals surface area contributed by atoms with Crippen LogP contribution in [0.25, 0.3) is 0 Å². The van der Waals surface area contributed by atoms with Gasteiger partial charge in [-0.2, -0.15) is 0 Å². The number of nitrogens with one attached hydrogen (secondary N) is 1. The standard InChI is InChI=1S/C13H17NO/c1-2-10-6-3-4-9-12(10)14-13(15)11-7-5-8-11/h3-4,6,9,11H,2,5,7-8H2,1H3,(H,14,15). The van der Waals surface area contributed by atoms with Gasteiger partial charge in [0.1, 0.15) is 0 Å². The number of benzene rings is 1. The molecule has 0 radical (unpaired) electrons. The zero-order valence-electron chi connectivity index (χ0n) is 9.12. The number of aryl methyl sites for hydroxylation is 1. The van der Waals surface area contributed by atoms with E-state index >= 15 is 0 Å². The summed E-state index contributed by atoms with van der Waals surface area (Å²) in [6.07, 6.45) is 4.27. The Morgan fingerprint density at radius 1 is 1.40 bits per heavy atom. The van der Waals surface area contributed by atoms with Gasteiger partial charge in [0.15, 0.2) is 0 Å². The summed E-state index contributed by atoms with van der Waals surface area (Å²) in [5.41, 5.74) is 2.20. The van der Waals surface area contributed by atoms with Crippen LogP contribution < -0.4 is 5.32 Å². The maximum atomic E-state index is 11.8. The number of anilines is 1. The molecule has 1 N–H and O–H groups in total. The zero-order valence-corrected chi connectivity index (χ0v) is 9.12. The minimum absolute atomic E-state index is 0.196. The molecule has 15 heavy (non-hydrogen) atoms. The number of para-hydroxylation sites is 1. The van der Waals surface area contributed by atoms with Crippen molar-refractivity contribution >= 4 is 11.6 Å². The molecule has 0 aromatic heterocycles. The lowest BCUT2D eigenvalue weighted by Gasteiger charge is -2.24. The number of rotatable bonds is 3. The van der Waals surface area contributed by atoms with Gasteiger partial charge in [0.25, 0.3) is 0 Å². The highest BCUT2D eigenvalue weighted by atomic mass is 16.1. The van der Waals surface area contributed by atoms with Crippen molar-refractivity contribution in [3.63, 3.8) is 0 Å². The smallest absolute Gasteiger partial charge is 0.227 e. The van der Waals surface area contributed by atoms with Gasteiger partial charge in [-0.25, -0.2) is 0 Å². The molecule has 2 nitrogen and oxygen atoms in total. The molecule has 0 spiro atoms. The molecule has 0 heterocycles. The molecule has 1 aromatic carbocycles. The number of amides is 1. The Hall–Kier alpha value is -1.31. The Labute approximate surface area is 90.7 Å². The van der Waals surface area contributed by atoms with Crippen molar-refractivity contribution in [1.29, 1.82) is 0 Å². The fraction of sp³-hybridized carbons (Fsp3) is 0.462. The van der Waals surface area contributed by atoms with Gasteiger partial charge in [0.2, 0.25) is 5.91 Å². The largest absolute Gasteiger partial charge is 0.326 e. The highest BCUT2D eigenvalue weighted by Crippen LogP contribution is 2.28. The summed E-state index contributed by atoms with van der Waals surface area (Å²) >= 11 is 0. The fourth-order valence-electron chi connectivity index (χ4n) is 1.86. The summed E-state index contributed by atoms with van der Waals surface area (Å²) in [6, 6.07) is 8.03. The Morgan fingerprint density at radius 3 is 2.73 bits per heavy atom. The van der Waals surface area contributed by atoms with Crippen LogP contribution in [-0.4, -0.2) is 5.91 Å². The number of hydrogen-bond acceptors (Lipinski definition) is 1. The second kappa shape index (κ2) is 4.47. The lowest BCUT2D eigenvalue weighted by molar-refractivity contribution is -0.122. The van der Waals surface area contributed by atoms with Crippen LogP contribution in [0.1, 0.15) is 31.7 Å². The second-order valence-corrected chi connectivity index (χ2v) is 4.13. The summed E-state index contributed by atoms with van der Waals surface area (Å²) in [5.74, 6) is 0.456. The zero-order chi connectivity index (χ0) is 10.7. The van der Waals surface area contributed by atoms with E-state index in [-0.39, 0.29) is 11.8 Å². The molecule has 1 aromatic rings. The molecule has 0 bridgehead atoms. The number of carbonyl (C=O) groups excluding carboxylic acids is 1. The molecule has 1 fully saturated rings. The van der Waals surface area contributed by atoms with Crippen molar-refractivity contribution in [2.45, 2.75) is 32.6 Å². The van der Waals surface area contributed by atoms with Crippen molar-refractivity contribution < 1.29 is 4.79 Å². The minimum atomic E-state index is 0.196. The molecular formula is C13H17NO. The van der Waals surface area contributed by atoms with E-state index in [0.717, 1.165) is 24.9 Å². The lowest BCUT2D eigenvalue weighted by atomic mass is 9.85. The van der Waals surface area contributed by atoms with Crippen LogP contribution in [-0.2, 0) is 11.2 Å². The topological polar surface area (TPSA) is 29.1 Å². The van der Waals surface area contributed by atoms with Crippen molar-refractivity contribution in [2.75, 3.05) is 5.32 Å². The average molecular weight is 203 g/mol. The molecule has 1 aliphatic carbocycles. The third kappa shape index (κ3) is 2.20. The molecule has 1 aliphatic rings. The van der Waals surface area contributed by atoms with Gasteiger partial charge < -0.3 is 5.32 Å². The monoisotopic (exact) mass is 203 g/mol. The van der Waals surface area contributed by atoms with Gasteiger partial charge in [0.05, 0.1) is 0 Å². The molecule has 80 valence electrons. The van der Waals surface area contributed by atoms with Crippen molar-refractivity contribution in [3.05, 3.63) is 29.8 Å². The van der Waals surface area contributed by atoms with Crippen molar-refractivity contribution in [1.82, 2.24) is 0 Å². The fourth-order valence-corrected chi connectivity index (χ4v) is 1.86. The number of carbonyl (C=O) groups is 1. The van der Waals surface area contributed by atoms with Crippen LogP contribution in [0.15, 0.2) is 24.3 Å². The van der Waals surface area contributed by atoms with Gasteiger partial charge in [-0.05, 0) is 30.9 Å². The van der Waals surface area contributed by atoms with Crippen LogP contribution in [0.4, 0.5) is 5.69 Å². The van der Waals surface area contributed by atoms with Gasteiger partial charge in [-0.3, -0.25) is 4.79 Å². The maximum absolute atomic E-state index is 11.8. The van der Waals surface area contributed by atoms with E-state index in [1.54, 1.807) is 0 Å². The van der Waals surface area contributed by atoms with E-state index in [1.807, 2.05) is 18.2 Å². The van der Waals surface area contributed by atoms with E-state index in [2.05, 4.69) is 18.3 Å². The van der Waals surface area contributed by atoms with E-state index in [9.17, 15) is 4.79 Å². The van der Waals surface area contributed by atoms with Gasteiger partial charge in [0, 0.05) is 11.6 Å². The summed E-state index contributed by atoms with van der Waals surface area (Å²) in [7, 11) is 0. The molecule has 0 unspecified atom stereocenters. The van der Waals surface area contributed by atoms with E-state index in [0.29, 0.717) is 0 Å². The maximum Gasteiger partial charge on any atom is 0.227 e. The van der Waals surface area contributed by atoms with Crippen LogP contribution in [0.3, 0.4) is 0 Å². The third-order valence-electron chi connectivity index (χ3n) is 3.13. The highest BCUT2D eigenvalue weighted by molar-refractivity contribution is 5.93. The molecule has 0 saturated heterocycles. The van der Waals surface area contributed by atoms with Crippen LogP contribution in [0.5, 0.6) is 0 Å². The normalized spacial score (nSPS) is 15.8. The van der Waals surface area contributed by atoms with Gasteiger partial charge >= 0.3 is 0 Å². The van der Waals surface area contributed by atoms with Crippen LogP contribution in [0.2, 0.25) is 0 Å². The first-order chi connectivity index (χ1) is 7.31. The molecule has 0 atom stereocenters. The first kappa shape index (κ1) is 10.2. The minimum Gasteiger partial charge on any atom is -0.326 e. The molecule has 2 rings (SSSR count). The highest BCUT2D eigenvalue weighted by Gasteiger charge is 2.25. The summed E-state index contributed by atoms with van der Waals surface area (Å²) in [6.45, 7) is 2.11. The lowest BCUT2D eigenvalue weighted by Crippen LogP contribution is -2.28. The molecule has 0 aliphatic heterocycles. The average Bonchev–Trinajstić information content (AvgIpc) is 2.15. The van der Waals surface area contributed by atoms with Crippen LogP contribution in [0, 0.1) is 5.92 Å². The number of hydrogen-bond donors (Lipinski definition) is 1. The Kier molecular flexibility index (Phi) is 3.05. The van der Waals surface area contributed by atoms with E-state index in [4.69, 9.17) is 0 Å². The summed E-state index contributed by atoms with van der Waals surface area (Å²) in [4.78, 5) is 11.8. The van der Waals surface area contributed by atoms with Crippen molar-refractivity contribution in [2.24, 2.45) is 5.92 Å². The third-order valence-corrected chi connectivity index (χ3v) is 3.13. The van der Waals surface area contributed by atoms with Crippen molar-refractivity contribution in [3.8, 4) is 0 Å². The molecule has 2 heteroatoms. The van der Waals surface area contributed by atoms with E-state index < -0.39 is 0 Å². The second-order valence-electron chi connectivity index (χ2n) is 4.13. The first-order valence-electron chi connectivity index (χ1n) is 5.70. The Morgan fingerprint density at radius 2 is 2.13 bits per heavy atom. The SMILES string of the molecule is CCc1ccccc1NC(=O)C1CCC1. The molecule has 1 saturated carbocycles. The predicted octanol–water partition coefficient (Wildman–Crippen LogP) is 2.99. The summed E-state index contributed by atoms with van der Waals surface area (Å²) < 4.78 is 0. The van der Waals surface area contributed by atoms with Gasteiger partial charge in [-0.15, -0.1) is 0 Å². The quantitative estimate of drug-likeness (QED) is 0.804. The predicted molar refractivity (Wildman–Crippen MR) is 61.8 cm³/mol. The van der Waals surface area contributed by atoms with Gasteiger partial charge in [-0.1, -0.05) is 31.5 Å².